The average molecular weight is 622 g/mol. The first-order valence-corrected chi connectivity index (χ1v) is 14.7. The molecule has 2 saturated heterocycles. The predicted molar refractivity (Wildman–Crippen MR) is 164 cm³/mol. The minimum atomic E-state index is -0.742. The minimum Gasteiger partial charge on any atom is -0.354 e. The van der Waals surface area contributed by atoms with Crippen LogP contribution in [0.2, 0.25) is 0 Å². The zero-order chi connectivity index (χ0) is 28.2. The van der Waals surface area contributed by atoms with Gasteiger partial charge in [0.25, 0.3) is 0 Å². The van der Waals surface area contributed by atoms with Crippen LogP contribution in [0.1, 0.15) is 25.7 Å². The van der Waals surface area contributed by atoms with Gasteiger partial charge in [0.05, 0.1) is 17.6 Å². The topological polar surface area (TPSA) is 98.4 Å². The zero-order valence-electron chi connectivity index (χ0n) is 22.5. The summed E-state index contributed by atoms with van der Waals surface area (Å²) in [6, 6.07) is 11.9. The molecule has 41 heavy (non-hydrogen) atoms. The number of rotatable bonds is 1. The number of aromatic amines is 2. The molecule has 11 heteroatoms. The van der Waals surface area contributed by atoms with E-state index in [-0.39, 0.29) is 0 Å². The van der Waals surface area contributed by atoms with E-state index in [1.165, 1.54) is 0 Å². The summed E-state index contributed by atoms with van der Waals surface area (Å²) < 4.78 is 26.5. The van der Waals surface area contributed by atoms with Crippen molar-refractivity contribution in [3.05, 3.63) is 65.8 Å². The Morgan fingerprint density at radius 1 is 0.756 bits per heavy atom. The van der Waals surface area contributed by atoms with Crippen molar-refractivity contribution in [3.8, 4) is 0 Å². The van der Waals surface area contributed by atoms with Gasteiger partial charge in [0.1, 0.15) is 34.1 Å². The summed E-state index contributed by atoms with van der Waals surface area (Å²) in [6.45, 7) is 2.89. The largest absolute Gasteiger partial charge is 0.354 e. The van der Waals surface area contributed by atoms with E-state index in [4.69, 9.17) is 0 Å². The van der Waals surface area contributed by atoms with Gasteiger partial charge >= 0.3 is 0 Å². The highest BCUT2D eigenvalue weighted by Gasteiger charge is 2.20. The van der Waals surface area contributed by atoms with E-state index in [9.17, 15) is 8.78 Å². The molecule has 6 aromatic rings. The molecule has 0 spiro atoms. The van der Waals surface area contributed by atoms with Gasteiger partial charge in [-0.3, -0.25) is 9.97 Å². The lowest BCUT2D eigenvalue weighted by atomic mass is 10.1. The number of hydrogen-bond acceptors (Lipinski definition) is 6. The van der Waals surface area contributed by atoms with E-state index < -0.39 is 12.3 Å². The Morgan fingerprint density at radius 2 is 1.41 bits per heavy atom. The van der Waals surface area contributed by atoms with Crippen LogP contribution in [0.5, 0.6) is 0 Å². The first-order chi connectivity index (χ1) is 20.0. The lowest BCUT2D eigenvalue weighted by Gasteiger charge is -2.29. The monoisotopic (exact) mass is 620 g/mol. The molecule has 0 bridgehead atoms. The van der Waals surface area contributed by atoms with Gasteiger partial charge in [-0.1, -0.05) is 0 Å². The number of nitrogens with zero attached hydrogens (tertiary/aromatic N) is 5. The lowest BCUT2D eigenvalue weighted by Crippen LogP contribution is -2.36. The third-order valence-electron chi connectivity index (χ3n) is 7.40. The van der Waals surface area contributed by atoms with Crippen LogP contribution >= 0.6 is 15.9 Å². The molecule has 0 aliphatic carbocycles. The second kappa shape index (κ2) is 12.4. The molecule has 3 N–H and O–H groups in total. The number of alkyl halides is 2. The van der Waals surface area contributed by atoms with Gasteiger partial charge in [-0.25, -0.2) is 18.7 Å². The summed E-state index contributed by atoms with van der Waals surface area (Å²) in [6.07, 6.45) is 9.21. The molecular weight excluding hydrogens is 590 g/mol. The Bertz CT molecular complexity index is 1760. The van der Waals surface area contributed by atoms with Gasteiger partial charge in [0, 0.05) is 59.4 Å². The van der Waals surface area contributed by atoms with Gasteiger partial charge in [0.15, 0.2) is 0 Å². The predicted octanol–water partition coefficient (Wildman–Crippen LogP) is 6.63. The van der Waals surface area contributed by atoms with Gasteiger partial charge in [0.2, 0.25) is 0 Å². The van der Waals surface area contributed by atoms with Crippen LogP contribution in [-0.2, 0) is 0 Å². The molecule has 2 aliphatic heterocycles. The fourth-order valence-corrected chi connectivity index (χ4v) is 5.63. The Labute approximate surface area is 244 Å². The molecule has 0 radical (unpaired) electrons. The van der Waals surface area contributed by atoms with Crippen LogP contribution < -0.4 is 10.2 Å². The first-order valence-electron chi connectivity index (χ1n) is 13.9. The molecule has 8 nitrogen and oxygen atoms in total. The number of nitrogens with one attached hydrogen (secondary N) is 3. The maximum atomic E-state index is 13.5. The van der Waals surface area contributed by atoms with Crippen LogP contribution in [0.3, 0.4) is 0 Å². The number of halogens is 3. The lowest BCUT2D eigenvalue weighted by molar-refractivity contribution is 0.266. The van der Waals surface area contributed by atoms with Crippen LogP contribution in [0.15, 0.2) is 65.8 Å². The fraction of sp³-hybridized carbons (Fsp3) is 0.333. The van der Waals surface area contributed by atoms with Crippen LogP contribution in [0.4, 0.5) is 14.6 Å². The van der Waals surface area contributed by atoms with Gasteiger partial charge in [-0.2, -0.15) is 0 Å². The van der Waals surface area contributed by atoms with Crippen LogP contribution in [-0.4, -0.2) is 68.4 Å². The number of hydrogen-bond donors (Lipinski definition) is 3. The van der Waals surface area contributed by atoms with E-state index in [1.54, 1.807) is 12.4 Å². The van der Waals surface area contributed by atoms with Crippen LogP contribution in [0.25, 0.3) is 43.9 Å². The van der Waals surface area contributed by atoms with Crippen molar-refractivity contribution in [2.45, 2.75) is 38.0 Å². The number of piperidine rings is 2. The summed E-state index contributed by atoms with van der Waals surface area (Å²) in [5.74, 6) is 0.847. The zero-order valence-corrected chi connectivity index (χ0v) is 24.0. The van der Waals surface area contributed by atoms with Crippen molar-refractivity contribution in [2.75, 3.05) is 31.1 Å². The van der Waals surface area contributed by atoms with Crippen molar-refractivity contribution < 1.29 is 8.78 Å². The van der Waals surface area contributed by atoms with Crippen LogP contribution in [0, 0.1) is 0 Å². The summed E-state index contributed by atoms with van der Waals surface area (Å²) in [4.78, 5) is 25.8. The van der Waals surface area contributed by atoms with Crippen molar-refractivity contribution in [2.24, 2.45) is 0 Å². The molecule has 6 aromatic heterocycles. The van der Waals surface area contributed by atoms with Crippen molar-refractivity contribution in [1.29, 1.82) is 0 Å². The van der Waals surface area contributed by atoms with Gasteiger partial charge in [-0.15, -0.1) is 0 Å². The Morgan fingerprint density at radius 3 is 2.02 bits per heavy atom. The van der Waals surface area contributed by atoms with Crippen molar-refractivity contribution >= 4 is 65.6 Å². The molecule has 2 atom stereocenters. The number of pyridine rings is 4. The third-order valence-corrected chi connectivity index (χ3v) is 7.84. The SMILES string of the molecule is Brc1ccc2c(n1)[nH]c1ccncc12.F[C@@H]1CCCN(c2ccc3c(n2)[nH]c2ccncc23)C1.F[C@@H]1CCCNC1. The average Bonchev–Trinajstić information content (AvgIpc) is 3.55. The molecule has 0 unspecified atom stereocenters. The van der Waals surface area contributed by atoms with E-state index in [2.05, 4.69) is 51.2 Å². The molecule has 8 heterocycles. The molecule has 2 fully saturated rings. The Kier molecular flexibility index (Phi) is 8.33. The quantitative estimate of drug-likeness (QED) is 0.178. The summed E-state index contributed by atoms with van der Waals surface area (Å²) in [5, 5.41) is 7.31. The van der Waals surface area contributed by atoms with Gasteiger partial charge < -0.3 is 20.2 Å². The molecule has 8 rings (SSSR count). The van der Waals surface area contributed by atoms with Gasteiger partial charge in [-0.05, 0) is 84.6 Å². The third kappa shape index (κ3) is 6.31. The molecular formula is C30H31BrF2N8. The highest BCUT2D eigenvalue weighted by Crippen LogP contribution is 2.27. The van der Waals surface area contributed by atoms with E-state index in [0.29, 0.717) is 19.5 Å². The number of H-pyrrole nitrogens is 2. The van der Waals surface area contributed by atoms with Crippen molar-refractivity contribution in [1.82, 2.24) is 35.2 Å². The molecule has 212 valence electrons. The maximum Gasteiger partial charge on any atom is 0.140 e. The highest BCUT2D eigenvalue weighted by molar-refractivity contribution is 9.10. The molecule has 2 aliphatic rings. The first kappa shape index (κ1) is 27.5. The number of aromatic nitrogens is 6. The standard InChI is InChI=1S/C15H15FN4.C10H6BrN3.C5H10FN/c16-10-2-1-7-20(9-10)14-4-3-11-12-8-17-6-5-13(12)18-15(11)19-14;11-9-2-1-6-7-5-12-4-3-8(7)13-10(6)14-9;6-5-2-1-3-7-4-5/h3-6,8,10H,1-2,7,9H2,(H,18,19);1-5H,(H,13,14);5,7H,1-4H2/t10-;;5-/m1.1/s1. The number of anilines is 1. The summed E-state index contributed by atoms with van der Waals surface area (Å²) in [5.41, 5.74) is 3.83. The maximum absolute atomic E-state index is 13.5. The number of fused-ring (bicyclic) bond motifs is 6. The minimum absolute atomic E-state index is 0.445. The van der Waals surface area contributed by atoms with Crippen molar-refractivity contribution in [3.63, 3.8) is 0 Å². The second-order valence-corrected chi connectivity index (χ2v) is 11.1. The molecule has 0 aromatic carbocycles. The summed E-state index contributed by atoms with van der Waals surface area (Å²) in [7, 11) is 0. The Balaban J connectivity index is 0.000000124. The normalized spacial score (nSPS) is 19.1. The van der Waals surface area contributed by atoms with E-state index in [0.717, 1.165) is 86.6 Å². The summed E-state index contributed by atoms with van der Waals surface area (Å²) >= 11 is 3.34. The van der Waals surface area contributed by atoms with E-state index in [1.807, 2.05) is 53.7 Å². The Hall–Kier alpha value is -3.70. The molecule has 0 amide bonds. The fourth-order valence-electron chi connectivity index (χ4n) is 5.32. The van der Waals surface area contributed by atoms with E-state index >= 15 is 0 Å². The highest BCUT2D eigenvalue weighted by atomic mass is 79.9. The second-order valence-electron chi connectivity index (χ2n) is 10.3. The smallest absolute Gasteiger partial charge is 0.140 e. The molecule has 0 saturated carbocycles.